The number of methoxy groups -OCH3 is 1. The van der Waals surface area contributed by atoms with E-state index in [4.69, 9.17) is 21.1 Å². The molecular weight excluding hydrogens is 432 g/mol. The first-order valence-corrected chi connectivity index (χ1v) is 10.7. The molecular formula is C24H25ClN2O5. The first-order chi connectivity index (χ1) is 15.3. The Morgan fingerprint density at radius 2 is 1.88 bits per heavy atom. The molecule has 168 valence electrons. The van der Waals surface area contributed by atoms with Crippen LogP contribution in [-0.4, -0.2) is 31.1 Å². The highest BCUT2D eigenvalue weighted by Gasteiger charge is 2.37. The fourth-order valence-electron chi connectivity index (χ4n) is 3.29. The molecule has 1 aliphatic rings. The van der Waals surface area contributed by atoms with Crippen LogP contribution < -0.4 is 19.7 Å². The largest absolute Gasteiger partial charge is 0.493 e. The lowest BCUT2D eigenvalue weighted by molar-refractivity contribution is -0.122. The topological polar surface area (TPSA) is 84.9 Å². The zero-order valence-electron chi connectivity index (χ0n) is 18.4. The molecule has 1 aliphatic heterocycles. The second kappa shape index (κ2) is 9.87. The molecule has 0 bridgehead atoms. The maximum absolute atomic E-state index is 13.2. The number of carbonyl (C=O) groups excluding carboxylic acids is 3. The second-order valence-electron chi connectivity index (χ2n) is 7.31. The van der Waals surface area contributed by atoms with Crippen molar-refractivity contribution < 1.29 is 23.9 Å². The van der Waals surface area contributed by atoms with Gasteiger partial charge in [-0.15, -0.1) is 0 Å². The van der Waals surface area contributed by atoms with Crippen molar-refractivity contribution in [2.45, 2.75) is 39.7 Å². The van der Waals surface area contributed by atoms with Gasteiger partial charge in [-0.1, -0.05) is 43.6 Å². The SMILES string of the molecule is CCc1ccccc1N1C(=O)NC(=O)/C(=C\c2cc(Cl)c(O[C@@H](C)CC)c(OC)c2)C1=O. The Morgan fingerprint density at radius 1 is 1.16 bits per heavy atom. The van der Waals surface area contributed by atoms with Crippen molar-refractivity contribution in [2.24, 2.45) is 0 Å². The maximum Gasteiger partial charge on any atom is 0.335 e. The van der Waals surface area contributed by atoms with Crippen LogP contribution in [-0.2, 0) is 16.0 Å². The zero-order chi connectivity index (χ0) is 23.4. The van der Waals surface area contributed by atoms with Crippen LogP contribution in [0.1, 0.15) is 38.3 Å². The van der Waals surface area contributed by atoms with Gasteiger partial charge in [0.05, 0.1) is 23.9 Å². The summed E-state index contributed by atoms with van der Waals surface area (Å²) in [6.45, 7) is 5.82. The van der Waals surface area contributed by atoms with E-state index in [-0.39, 0.29) is 16.7 Å². The number of nitrogens with one attached hydrogen (secondary N) is 1. The van der Waals surface area contributed by atoms with Crippen LogP contribution in [0, 0.1) is 0 Å². The molecule has 1 heterocycles. The Hall–Kier alpha value is -3.32. The van der Waals surface area contributed by atoms with Crippen LogP contribution in [0.5, 0.6) is 11.5 Å². The summed E-state index contributed by atoms with van der Waals surface area (Å²) >= 11 is 6.41. The van der Waals surface area contributed by atoms with Gasteiger partial charge in [0.15, 0.2) is 11.5 Å². The molecule has 2 aromatic rings. The standard InChI is InChI=1S/C24H25ClN2O5/c1-5-14(3)32-21-18(25)12-15(13-20(21)31-4)11-17-22(28)26-24(30)27(23(17)29)19-10-8-7-9-16(19)6-2/h7-14H,5-6H2,1-4H3,(H,26,28,30)/b17-11+/t14-/m0/s1. The molecule has 1 saturated heterocycles. The number of carbonyl (C=O) groups is 3. The van der Waals surface area contributed by atoms with Crippen LogP contribution >= 0.6 is 11.6 Å². The Bertz CT molecular complexity index is 1100. The van der Waals surface area contributed by atoms with Crippen molar-refractivity contribution in [1.29, 1.82) is 0 Å². The first-order valence-electron chi connectivity index (χ1n) is 10.3. The third-order valence-electron chi connectivity index (χ3n) is 5.17. The number of anilines is 1. The number of rotatable bonds is 7. The molecule has 2 aromatic carbocycles. The lowest BCUT2D eigenvalue weighted by Crippen LogP contribution is -2.54. The number of para-hydroxylation sites is 1. The molecule has 0 aliphatic carbocycles. The lowest BCUT2D eigenvalue weighted by Gasteiger charge is -2.28. The predicted molar refractivity (Wildman–Crippen MR) is 123 cm³/mol. The van der Waals surface area contributed by atoms with Crippen molar-refractivity contribution in [3.63, 3.8) is 0 Å². The van der Waals surface area contributed by atoms with Crippen molar-refractivity contribution in [1.82, 2.24) is 5.32 Å². The van der Waals surface area contributed by atoms with E-state index in [2.05, 4.69) is 5.32 Å². The van der Waals surface area contributed by atoms with E-state index < -0.39 is 17.8 Å². The summed E-state index contributed by atoms with van der Waals surface area (Å²) in [6.07, 6.45) is 2.70. The molecule has 0 spiro atoms. The van der Waals surface area contributed by atoms with Gasteiger partial charge in [0.2, 0.25) is 0 Å². The van der Waals surface area contributed by atoms with E-state index >= 15 is 0 Å². The molecule has 0 unspecified atom stereocenters. The van der Waals surface area contributed by atoms with Gasteiger partial charge in [0.1, 0.15) is 5.57 Å². The van der Waals surface area contributed by atoms with E-state index in [9.17, 15) is 14.4 Å². The van der Waals surface area contributed by atoms with Gasteiger partial charge in [-0.05, 0) is 55.2 Å². The lowest BCUT2D eigenvalue weighted by atomic mass is 10.0. The average molecular weight is 457 g/mol. The van der Waals surface area contributed by atoms with Crippen molar-refractivity contribution in [3.05, 3.63) is 58.1 Å². The third kappa shape index (κ3) is 4.62. The number of benzene rings is 2. The normalized spacial score (nSPS) is 16.2. The highest BCUT2D eigenvalue weighted by Crippen LogP contribution is 2.38. The Balaban J connectivity index is 2.03. The molecule has 32 heavy (non-hydrogen) atoms. The minimum atomic E-state index is -0.786. The highest BCUT2D eigenvalue weighted by molar-refractivity contribution is 6.39. The quantitative estimate of drug-likeness (QED) is 0.480. The summed E-state index contributed by atoms with van der Waals surface area (Å²) in [5.74, 6) is -0.730. The Labute approximate surface area is 191 Å². The minimum Gasteiger partial charge on any atom is -0.493 e. The number of hydrogen-bond donors (Lipinski definition) is 1. The van der Waals surface area contributed by atoms with E-state index in [1.165, 1.54) is 13.2 Å². The number of barbiturate groups is 1. The molecule has 4 amide bonds. The average Bonchev–Trinajstić information content (AvgIpc) is 2.78. The van der Waals surface area contributed by atoms with E-state index in [0.717, 1.165) is 16.9 Å². The Morgan fingerprint density at radius 3 is 2.53 bits per heavy atom. The number of imide groups is 2. The minimum absolute atomic E-state index is 0.0745. The molecule has 1 atom stereocenters. The summed E-state index contributed by atoms with van der Waals surface area (Å²) in [7, 11) is 1.48. The number of ether oxygens (including phenoxy) is 2. The molecule has 0 radical (unpaired) electrons. The van der Waals surface area contributed by atoms with Crippen molar-refractivity contribution in [3.8, 4) is 11.5 Å². The van der Waals surface area contributed by atoms with Gasteiger partial charge in [-0.25, -0.2) is 9.69 Å². The van der Waals surface area contributed by atoms with E-state index in [0.29, 0.717) is 29.2 Å². The second-order valence-corrected chi connectivity index (χ2v) is 7.72. The van der Waals surface area contributed by atoms with Crippen LogP contribution in [0.15, 0.2) is 42.0 Å². The monoisotopic (exact) mass is 456 g/mol. The van der Waals surface area contributed by atoms with Gasteiger partial charge in [-0.3, -0.25) is 14.9 Å². The number of aryl methyl sites for hydroxylation is 1. The molecule has 3 rings (SSSR count). The third-order valence-corrected chi connectivity index (χ3v) is 5.45. The van der Waals surface area contributed by atoms with Gasteiger partial charge in [-0.2, -0.15) is 0 Å². The van der Waals surface area contributed by atoms with Crippen LogP contribution in [0.25, 0.3) is 6.08 Å². The molecule has 1 fully saturated rings. The number of nitrogens with zero attached hydrogens (tertiary/aromatic N) is 1. The summed E-state index contributed by atoms with van der Waals surface area (Å²) in [5.41, 5.74) is 1.51. The van der Waals surface area contributed by atoms with Crippen LogP contribution in [0.2, 0.25) is 5.02 Å². The van der Waals surface area contributed by atoms with Gasteiger partial charge >= 0.3 is 6.03 Å². The summed E-state index contributed by atoms with van der Waals surface area (Å²) in [4.78, 5) is 39.2. The van der Waals surface area contributed by atoms with Gasteiger partial charge in [0.25, 0.3) is 11.8 Å². The highest BCUT2D eigenvalue weighted by atomic mass is 35.5. The maximum atomic E-state index is 13.2. The smallest absolute Gasteiger partial charge is 0.335 e. The van der Waals surface area contributed by atoms with Gasteiger partial charge < -0.3 is 9.47 Å². The van der Waals surface area contributed by atoms with Gasteiger partial charge in [0, 0.05) is 0 Å². The Kier molecular flexibility index (Phi) is 7.20. The molecule has 0 saturated carbocycles. The molecule has 8 heteroatoms. The number of urea groups is 1. The predicted octanol–water partition coefficient (Wildman–Crippen LogP) is 4.75. The fourth-order valence-corrected chi connectivity index (χ4v) is 3.56. The number of hydrogen-bond acceptors (Lipinski definition) is 5. The summed E-state index contributed by atoms with van der Waals surface area (Å²) in [6, 6.07) is 9.48. The zero-order valence-corrected chi connectivity index (χ0v) is 19.2. The van der Waals surface area contributed by atoms with Crippen LogP contribution in [0.4, 0.5) is 10.5 Å². The molecule has 1 N–H and O–H groups in total. The van der Waals surface area contributed by atoms with Crippen molar-refractivity contribution >= 4 is 41.2 Å². The fraction of sp³-hybridized carbons (Fsp3) is 0.292. The van der Waals surface area contributed by atoms with E-state index in [1.807, 2.05) is 32.9 Å². The van der Waals surface area contributed by atoms with E-state index in [1.54, 1.807) is 24.3 Å². The summed E-state index contributed by atoms with van der Waals surface area (Å²) in [5, 5.41) is 2.52. The number of amides is 4. The van der Waals surface area contributed by atoms with Crippen molar-refractivity contribution in [2.75, 3.05) is 12.0 Å². The van der Waals surface area contributed by atoms with Crippen LogP contribution in [0.3, 0.4) is 0 Å². The summed E-state index contributed by atoms with van der Waals surface area (Å²) < 4.78 is 11.2. The number of halogens is 1. The first kappa shape index (κ1) is 23.3. The molecule has 0 aromatic heterocycles. The molecule has 7 nitrogen and oxygen atoms in total.